The van der Waals surface area contributed by atoms with Crippen LogP contribution < -0.4 is 15.6 Å². The Morgan fingerprint density at radius 1 is 1.50 bits per heavy atom. The predicted molar refractivity (Wildman–Crippen MR) is 69.8 cm³/mol. The lowest BCUT2D eigenvalue weighted by Crippen LogP contribution is -2.25. The lowest BCUT2D eigenvalue weighted by atomic mass is 10.4. The molecule has 0 unspecified atom stereocenters. The first-order valence-corrected chi connectivity index (χ1v) is 6.09. The highest BCUT2D eigenvalue weighted by atomic mass is 16.6. The monoisotopic (exact) mass is 278 g/mol. The van der Waals surface area contributed by atoms with E-state index in [4.69, 9.17) is 9.15 Å². The second kappa shape index (κ2) is 6.00. The average Bonchev–Trinajstić information content (AvgIpc) is 2.90. The van der Waals surface area contributed by atoms with Gasteiger partial charge in [-0.15, -0.1) is 0 Å². The van der Waals surface area contributed by atoms with E-state index in [0.29, 0.717) is 13.2 Å². The topological polar surface area (TPSA) is 99.2 Å². The Morgan fingerprint density at radius 3 is 3.00 bits per heavy atom. The van der Waals surface area contributed by atoms with E-state index in [1.165, 1.54) is 17.1 Å². The maximum Gasteiger partial charge on any atom is 0.394 e. The molecule has 0 aliphatic heterocycles. The highest BCUT2D eigenvalue weighted by Crippen LogP contribution is 2.11. The zero-order chi connectivity index (χ0) is 14.5. The van der Waals surface area contributed by atoms with E-state index in [2.05, 4.69) is 15.3 Å². The normalized spacial score (nSPS) is 10.3. The number of anilines is 1. The van der Waals surface area contributed by atoms with Gasteiger partial charge >= 0.3 is 6.08 Å². The standard InChI is InChI=1S/C12H14N4O4/c1-3-16-7-13-5-8(11(16)18)14-10(17)9-6-20-12(15-9)19-4-2/h5-7H,3-4H2,1-2H3,(H,14,17). The summed E-state index contributed by atoms with van der Waals surface area (Å²) in [5, 5.41) is 2.44. The maximum atomic E-state index is 11.9. The number of aryl methyl sites for hydroxylation is 1. The van der Waals surface area contributed by atoms with E-state index in [0.717, 1.165) is 6.26 Å². The van der Waals surface area contributed by atoms with Gasteiger partial charge in [0.05, 0.1) is 19.1 Å². The molecule has 0 spiro atoms. The Kier molecular flexibility index (Phi) is 4.14. The van der Waals surface area contributed by atoms with Crippen LogP contribution in [0.2, 0.25) is 0 Å². The number of carbonyl (C=O) groups excluding carboxylic acids is 1. The third-order valence-corrected chi connectivity index (χ3v) is 2.47. The fraction of sp³-hybridized carbons (Fsp3) is 0.333. The van der Waals surface area contributed by atoms with Gasteiger partial charge in [0.2, 0.25) is 0 Å². The van der Waals surface area contributed by atoms with E-state index in [1.807, 2.05) is 0 Å². The van der Waals surface area contributed by atoms with Gasteiger partial charge < -0.3 is 14.5 Å². The number of ether oxygens (including phenoxy) is 1. The molecule has 106 valence electrons. The van der Waals surface area contributed by atoms with Crippen LogP contribution in [0, 0.1) is 0 Å². The molecule has 0 radical (unpaired) electrons. The van der Waals surface area contributed by atoms with Crippen molar-refractivity contribution in [3.63, 3.8) is 0 Å². The van der Waals surface area contributed by atoms with E-state index >= 15 is 0 Å². The van der Waals surface area contributed by atoms with Gasteiger partial charge in [-0.25, -0.2) is 4.98 Å². The van der Waals surface area contributed by atoms with Crippen molar-refractivity contribution in [2.24, 2.45) is 0 Å². The Labute approximate surface area is 114 Å². The summed E-state index contributed by atoms with van der Waals surface area (Å²) in [6.07, 6.45) is 3.86. The summed E-state index contributed by atoms with van der Waals surface area (Å²) in [5.41, 5.74) is -0.218. The smallest absolute Gasteiger partial charge is 0.394 e. The largest absolute Gasteiger partial charge is 0.450 e. The molecule has 0 saturated carbocycles. The van der Waals surface area contributed by atoms with Gasteiger partial charge in [0, 0.05) is 6.54 Å². The Bertz CT molecular complexity index is 661. The Balaban J connectivity index is 2.17. The van der Waals surface area contributed by atoms with Crippen molar-refractivity contribution in [3.05, 3.63) is 34.8 Å². The van der Waals surface area contributed by atoms with Crippen molar-refractivity contribution >= 4 is 11.6 Å². The molecular weight excluding hydrogens is 264 g/mol. The van der Waals surface area contributed by atoms with Crippen molar-refractivity contribution in [1.29, 1.82) is 0 Å². The summed E-state index contributed by atoms with van der Waals surface area (Å²) in [4.78, 5) is 31.5. The van der Waals surface area contributed by atoms with Crippen LogP contribution >= 0.6 is 0 Å². The molecular formula is C12H14N4O4. The summed E-state index contributed by atoms with van der Waals surface area (Å²) in [5.74, 6) is -0.563. The number of nitrogens with one attached hydrogen (secondary N) is 1. The second-order valence-electron chi connectivity index (χ2n) is 3.78. The van der Waals surface area contributed by atoms with Crippen LogP contribution in [0.4, 0.5) is 5.69 Å². The van der Waals surface area contributed by atoms with Crippen LogP contribution in [0.5, 0.6) is 6.08 Å². The van der Waals surface area contributed by atoms with Gasteiger partial charge in [0.25, 0.3) is 11.5 Å². The molecule has 0 aliphatic rings. The molecule has 0 saturated heterocycles. The molecule has 2 aromatic rings. The molecule has 0 bridgehead atoms. The summed E-state index contributed by atoms with van der Waals surface area (Å²) < 4.78 is 11.3. The zero-order valence-corrected chi connectivity index (χ0v) is 11.1. The number of amides is 1. The van der Waals surface area contributed by atoms with Gasteiger partial charge in [-0.1, -0.05) is 0 Å². The summed E-state index contributed by atoms with van der Waals surface area (Å²) in [6, 6.07) is 0. The quantitative estimate of drug-likeness (QED) is 0.872. The number of hydrogen-bond donors (Lipinski definition) is 1. The summed E-state index contributed by atoms with van der Waals surface area (Å²) in [6.45, 7) is 4.42. The second-order valence-corrected chi connectivity index (χ2v) is 3.78. The van der Waals surface area contributed by atoms with Crippen molar-refractivity contribution in [2.75, 3.05) is 11.9 Å². The summed E-state index contributed by atoms with van der Waals surface area (Å²) >= 11 is 0. The first-order valence-electron chi connectivity index (χ1n) is 6.09. The zero-order valence-electron chi connectivity index (χ0n) is 11.1. The summed E-state index contributed by atoms with van der Waals surface area (Å²) in [7, 11) is 0. The number of rotatable bonds is 5. The third kappa shape index (κ3) is 2.85. The molecule has 8 heteroatoms. The minimum Gasteiger partial charge on any atom is -0.450 e. The minimum absolute atomic E-state index is 0.00908. The first kappa shape index (κ1) is 13.8. The van der Waals surface area contributed by atoms with Crippen LogP contribution in [-0.2, 0) is 6.54 Å². The molecule has 0 aliphatic carbocycles. The van der Waals surface area contributed by atoms with Crippen molar-refractivity contribution in [2.45, 2.75) is 20.4 Å². The number of nitrogens with zero attached hydrogens (tertiary/aromatic N) is 3. The Hall–Kier alpha value is -2.64. The highest BCUT2D eigenvalue weighted by molar-refractivity contribution is 6.02. The van der Waals surface area contributed by atoms with Gasteiger partial charge in [0.1, 0.15) is 12.0 Å². The minimum atomic E-state index is -0.563. The molecule has 0 aromatic carbocycles. The SMILES string of the molecule is CCOc1nc(C(=O)Nc2cncn(CC)c2=O)co1. The molecule has 1 N–H and O–H groups in total. The average molecular weight is 278 g/mol. The molecule has 8 nitrogen and oxygen atoms in total. The molecule has 2 heterocycles. The Morgan fingerprint density at radius 2 is 2.30 bits per heavy atom. The molecule has 1 amide bonds. The number of carbonyl (C=O) groups is 1. The van der Waals surface area contributed by atoms with Gasteiger partial charge in [-0.3, -0.25) is 14.2 Å². The van der Waals surface area contributed by atoms with Gasteiger partial charge in [-0.05, 0) is 13.8 Å². The van der Waals surface area contributed by atoms with Crippen molar-refractivity contribution in [3.8, 4) is 6.08 Å². The number of aromatic nitrogens is 3. The van der Waals surface area contributed by atoms with Crippen LogP contribution in [0.25, 0.3) is 0 Å². The fourth-order valence-electron chi connectivity index (χ4n) is 1.50. The van der Waals surface area contributed by atoms with Gasteiger partial charge in [0.15, 0.2) is 5.69 Å². The van der Waals surface area contributed by atoms with Crippen LogP contribution in [-0.4, -0.2) is 27.0 Å². The van der Waals surface area contributed by atoms with E-state index < -0.39 is 5.91 Å². The van der Waals surface area contributed by atoms with Crippen LogP contribution in [0.3, 0.4) is 0 Å². The third-order valence-electron chi connectivity index (χ3n) is 2.47. The van der Waals surface area contributed by atoms with E-state index in [1.54, 1.807) is 13.8 Å². The molecule has 0 fully saturated rings. The maximum absolute atomic E-state index is 11.9. The van der Waals surface area contributed by atoms with Crippen LogP contribution in [0.15, 0.2) is 28.0 Å². The first-order chi connectivity index (χ1) is 9.65. The molecule has 2 aromatic heterocycles. The van der Waals surface area contributed by atoms with Crippen molar-refractivity contribution < 1.29 is 13.9 Å². The van der Waals surface area contributed by atoms with E-state index in [-0.39, 0.29) is 23.0 Å². The molecule has 20 heavy (non-hydrogen) atoms. The van der Waals surface area contributed by atoms with E-state index in [9.17, 15) is 9.59 Å². The molecule has 0 atom stereocenters. The fourth-order valence-corrected chi connectivity index (χ4v) is 1.50. The lowest BCUT2D eigenvalue weighted by Gasteiger charge is -2.04. The predicted octanol–water partition coefficient (Wildman–Crippen LogP) is 0.902. The number of hydrogen-bond acceptors (Lipinski definition) is 6. The number of oxazole rings is 1. The lowest BCUT2D eigenvalue weighted by molar-refractivity contribution is 0.102. The highest BCUT2D eigenvalue weighted by Gasteiger charge is 2.15. The molecule has 2 rings (SSSR count). The van der Waals surface area contributed by atoms with Gasteiger partial charge in [-0.2, -0.15) is 4.98 Å². The van der Waals surface area contributed by atoms with Crippen molar-refractivity contribution in [1.82, 2.24) is 14.5 Å². The van der Waals surface area contributed by atoms with Crippen LogP contribution in [0.1, 0.15) is 24.3 Å².